The van der Waals surface area contributed by atoms with Gasteiger partial charge in [0.1, 0.15) is 5.75 Å². The number of carbonyl (C=O) groups is 1. The van der Waals surface area contributed by atoms with Crippen LogP contribution in [-0.2, 0) is 10.2 Å². The molecular formula is C15H22N2O2. The summed E-state index contributed by atoms with van der Waals surface area (Å²) in [5.74, 6) is 0.928. The summed E-state index contributed by atoms with van der Waals surface area (Å²) in [7, 11) is 3.65. The Balaban J connectivity index is 2.11. The molecular weight excluding hydrogens is 240 g/mol. The summed E-state index contributed by atoms with van der Waals surface area (Å²) in [6.07, 6.45) is 1.99. The number of hydrogen-bond acceptors (Lipinski definition) is 3. The molecule has 4 heteroatoms. The van der Waals surface area contributed by atoms with Crippen molar-refractivity contribution in [3.05, 3.63) is 29.8 Å². The van der Waals surface area contributed by atoms with Crippen LogP contribution in [-0.4, -0.2) is 31.1 Å². The summed E-state index contributed by atoms with van der Waals surface area (Å²) in [5.41, 5.74) is 3.59. The predicted molar refractivity (Wildman–Crippen MR) is 74.9 cm³/mol. The first kappa shape index (κ1) is 13.9. The third-order valence-corrected chi connectivity index (χ3v) is 3.29. The molecule has 1 saturated carbocycles. The van der Waals surface area contributed by atoms with E-state index in [1.54, 1.807) is 5.01 Å². The monoisotopic (exact) mass is 262 g/mol. The lowest BCUT2D eigenvalue weighted by atomic mass is 9.95. The first-order valence-electron chi connectivity index (χ1n) is 6.70. The van der Waals surface area contributed by atoms with Crippen LogP contribution in [0.3, 0.4) is 0 Å². The molecule has 19 heavy (non-hydrogen) atoms. The fourth-order valence-corrected chi connectivity index (χ4v) is 2.21. The van der Waals surface area contributed by atoms with Gasteiger partial charge < -0.3 is 4.74 Å². The Hall–Kier alpha value is -1.55. The molecule has 0 atom stereocenters. The van der Waals surface area contributed by atoms with E-state index in [4.69, 9.17) is 4.74 Å². The number of hydrogen-bond donors (Lipinski definition) is 1. The zero-order chi connectivity index (χ0) is 14.0. The Bertz CT molecular complexity index is 448. The first-order chi connectivity index (χ1) is 8.94. The largest absolute Gasteiger partial charge is 0.491 e. The number of amides is 1. The third kappa shape index (κ3) is 3.07. The summed E-state index contributed by atoms with van der Waals surface area (Å²) in [5, 5.41) is 1.69. The molecule has 2 rings (SSSR count). The van der Waals surface area contributed by atoms with Crippen LogP contribution >= 0.6 is 0 Å². The van der Waals surface area contributed by atoms with Crippen molar-refractivity contribution in [1.82, 2.24) is 10.4 Å². The van der Waals surface area contributed by atoms with Crippen LogP contribution in [0.5, 0.6) is 5.75 Å². The van der Waals surface area contributed by atoms with Gasteiger partial charge in [0.2, 0.25) is 5.91 Å². The number of ether oxygens (including phenoxy) is 1. The molecule has 1 fully saturated rings. The van der Waals surface area contributed by atoms with Crippen molar-refractivity contribution in [1.29, 1.82) is 0 Å². The molecule has 0 aliphatic heterocycles. The highest BCUT2D eigenvalue weighted by Gasteiger charge is 2.51. The van der Waals surface area contributed by atoms with E-state index in [2.05, 4.69) is 5.43 Å². The zero-order valence-corrected chi connectivity index (χ0v) is 12.1. The molecule has 0 unspecified atom stereocenters. The maximum absolute atomic E-state index is 12.2. The van der Waals surface area contributed by atoms with Gasteiger partial charge in [-0.1, -0.05) is 12.1 Å². The van der Waals surface area contributed by atoms with Crippen LogP contribution in [0.4, 0.5) is 0 Å². The minimum Gasteiger partial charge on any atom is -0.491 e. The maximum Gasteiger partial charge on any atom is 0.244 e. The van der Waals surface area contributed by atoms with E-state index < -0.39 is 0 Å². The maximum atomic E-state index is 12.2. The van der Waals surface area contributed by atoms with E-state index in [-0.39, 0.29) is 17.4 Å². The number of nitrogens with one attached hydrogen (secondary N) is 1. The number of rotatable bonds is 5. The van der Waals surface area contributed by atoms with Gasteiger partial charge in [0.15, 0.2) is 0 Å². The minimum atomic E-state index is -0.333. The number of nitrogens with zero attached hydrogens (tertiary/aromatic N) is 1. The number of hydrazine groups is 1. The zero-order valence-electron chi connectivity index (χ0n) is 12.1. The fourth-order valence-electron chi connectivity index (χ4n) is 2.21. The highest BCUT2D eigenvalue weighted by molar-refractivity contribution is 5.90. The lowest BCUT2D eigenvalue weighted by Crippen LogP contribution is -2.42. The summed E-state index contributed by atoms with van der Waals surface area (Å²) >= 11 is 0. The van der Waals surface area contributed by atoms with Crippen molar-refractivity contribution in [3.8, 4) is 5.75 Å². The van der Waals surface area contributed by atoms with Gasteiger partial charge in [0.25, 0.3) is 0 Å². The highest BCUT2D eigenvalue weighted by Crippen LogP contribution is 2.48. The standard InChI is InChI=1S/C15H22N2O2/c1-11(2)19-13-7-5-12(6-8-13)15(9-10-15)14(18)16-17(3)4/h5-8,11H,9-10H2,1-4H3,(H,16,18). The molecule has 1 N–H and O–H groups in total. The van der Waals surface area contributed by atoms with Crippen molar-refractivity contribution in [2.75, 3.05) is 14.1 Å². The Kier molecular flexibility index (Phi) is 3.80. The van der Waals surface area contributed by atoms with Gasteiger partial charge in [-0.05, 0) is 44.4 Å². The van der Waals surface area contributed by atoms with E-state index in [0.717, 1.165) is 24.2 Å². The molecule has 0 heterocycles. The number of carbonyl (C=O) groups excluding carboxylic acids is 1. The van der Waals surface area contributed by atoms with Crippen LogP contribution < -0.4 is 10.2 Å². The second kappa shape index (κ2) is 5.21. The molecule has 1 aliphatic carbocycles. The molecule has 4 nitrogen and oxygen atoms in total. The number of benzene rings is 1. The highest BCUT2D eigenvalue weighted by atomic mass is 16.5. The lowest BCUT2D eigenvalue weighted by Gasteiger charge is -2.19. The van der Waals surface area contributed by atoms with Crippen molar-refractivity contribution in [2.45, 2.75) is 38.2 Å². The van der Waals surface area contributed by atoms with Gasteiger partial charge in [0, 0.05) is 14.1 Å². The molecule has 1 aromatic rings. The summed E-state index contributed by atoms with van der Waals surface area (Å²) in [4.78, 5) is 12.2. The Morgan fingerprint density at radius 1 is 1.26 bits per heavy atom. The Labute approximate surface area is 114 Å². The Morgan fingerprint density at radius 3 is 2.26 bits per heavy atom. The van der Waals surface area contributed by atoms with E-state index in [1.165, 1.54) is 0 Å². The minimum absolute atomic E-state index is 0.0787. The predicted octanol–water partition coefficient (Wildman–Crippen LogP) is 2.10. The van der Waals surface area contributed by atoms with Crippen molar-refractivity contribution < 1.29 is 9.53 Å². The van der Waals surface area contributed by atoms with E-state index >= 15 is 0 Å². The molecule has 1 amide bonds. The molecule has 104 valence electrons. The van der Waals surface area contributed by atoms with Crippen LogP contribution in [0.25, 0.3) is 0 Å². The smallest absolute Gasteiger partial charge is 0.244 e. The van der Waals surface area contributed by atoms with Gasteiger partial charge in [-0.25, -0.2) is 5.01 Å². The fraction of sp³-hybridized carbons (Fsp3) is 0.533. The first-order valence-corrected chi connectivity index (χ1v) is 6.70. The van der Waals surface area contributed by atoms with Gasteiger partial charge in [-0.15, -0.1) is 0 Å². The van der Waals surface area contributed by atoms with Gasteiger partial charge in [0.05, 0.1) is 11.5 Å². The average molecular weight is 262 g/mol. The summed E-state index contributed by atoms with van der Waals surface area (Å²) in [6.45, 7) is 4.00. The second-order valence-electron chi connectivity index (χ2n) is 5.61. The van der Waals surface area contributed by atoms with Crippen molar-refractivity contribution >= 4 is 5.91 Å². The van der Waals surface area contributed by atoms with Gasteiger partial charge in [-0.3, -0.25) is 10.2 Å². The van der Waals surface area contributed by atoms with Crippen LogP contribution in [0.15, 0.2) is 24.3 Å². The van der Waals surface area contributed by atoms with E-state index in [9.17, 15) is 4.79 Å². The molecule has 0 spiro atoms. The molecule has 1 aliphatic rings. The molecule has 0 bridgehead atoms. The lowest BCUT2D eigenvalue weighted by molar-refractivity contribution is -0.127. The summed E-state index contributed by atoms with van der Waals surface area (Å²) < 4.78 is 5.62. The van der Waals surface area contributed by atoms with Crippen molar-refractivity contribution in [2.24, 2.45) is 0 Å². The topological polar surface area (TPSA) is 41.6 Å². The van der Waals surface area contributed by atoms with Gasteiger partial charge in [-0.2, -0.15) is 0 Å². The quantitative estimate of drug-likeness (QED) is 0.826. The van der Waals surface area contributed by atoms with E-state index in [1.807, 2.05) is 52.2 Å². The Morgan fingerprint density at radius 2 is 1.84 bits per heavy atom. The van der Waals surface area contributed by atoms with Crippen molar-refractivity contribution in [3.63, 3.8) is 0 Å². The van der Waals surface area contributed by atoms with Crippen LogP contribution in [0.2, 0.25) is 0 Å². The van der Waals surface area contributed by atoms with Gasteiger partial charge >= 0.3 is 0 Å². The van der Waals surface area contributed by atoms with E-state index in [0.29, 0.717) is 0 Å². The SMILES string of the molecule is CC(C)Oc1ccc(C2(C(=O)NN(C)C)CC2)cc1. The normalized spacial score (nSPS) is 16.5. The average Bonchev–Trinajstić information content (AvgIpc) is 3.09. The molecule has 0 radical (unpaired) electrons. The van der Waals surface area contributed by atoms with Crippen LogP contribution in [0, 0.1) is 0 Å². The second-order valence-corrected chi connectivity index (χ2v) is 5.61. The van der Waals surface area contributed by atoms with Crippen LogP contribution in [0.1, 0.15) is 32.3 Å². The summed E-state index contributed by atoms with van der Waals surface area (Å²) in [6, 6.07) is 7.89. The molecule has 0 saturated heterocycles. The molecule has 1 aromatic carbocycles. The molecule has 0 aromatic heterocycles. The third-order valence-electron chi connectivity index (χ3n) is 3.29.